The zero-order valence-corrected chi connectivity index (χ0v) is 10.5. The summed E-state index contributed by atoms with van der Waals surface area (Å²) in [5.41, 5.74) is -1.57. The number of aromatic amines is 1. The number of amides is 1. The quantitative estimate of drug-likeness (QED) is 0.797. The van der Waals surface area contributed by atoms with Crippen LogP contribution in [0.5, 0.6) is 0 Å². The zero-order valence-electron chi connectivity index (χ0n) is 10.5. The van der Waals surface area contributed by atoms with Crippen LogP contribution in [0.15, 0.2) is 16.9 Å². The first-order valence-electron chi connectivity index (χ1n) is 6.06. The first-order chi connectivity index (χ1) is 8.95. The molecule has 1 aromatic heterocycles. The molecule has 1 aromatic rings. The lowest BCUT2D eigenvalue weighted by molar-refractivity contribution is -0.150. The average Bonchev–Trinajstić information content (AvgIpc) is 2.39. The van der Waals surface area contributed by atoms with Crippen LogP contribution in [-0.2, 0) is 4.79 Å². The monoisotopic (exact) mass is 265 g/mol. The van der Waals surface area contributed by atoms with Gasteiger partial charge in [-0.2, -0.15) is 5.10 Å². The van der Waals surface area contributed by atoms with E-state index in [0.717, 1.165) is 12.8 Å². The molecule has 0 radical (unpaired) electrons. The minimum atomic E-state index is -1.22. The van der Waals surface area contributed by atoms with E-state index < -0.39 is 23.0 Å². The maximum absolute atomic E-state index is 12.3. The van der Waals surface area contributed by atoms with Crippen LogP contribution in [0.4, 0.5) is 0 Å². The molecule has 1 unspecified atom stereocenters. The lowest BCUT2D eigenvalue weighted by Crippen LogP contribution is -2.57. The summed E-state index contributed by atoms with van der Waals surface area (Å²) in [6, 6.07) is 2.50. The van der Waals surface area contributed by atoms with Gasteiger partial charge in [-0.15, -0.1) is 0 Å². The number of likely N-dealkylation sites (tertiary alicyclic amines) is 1. The lowest BCUT2D eigenvalue weighted by Gasteiger charge is -2.41. The fourth-order valence-corrected chi connectivity index (χ4v) is 2.27. The van der Waals surface area contributed by atoms with Gasteiger partial charge in [-0.3, -0.25) is 9.59 Å². The fourth-order valence-electron chi connectivity index (χ4n) is 2.27. The molecule has 2 N–H and O–H groups in total. The van der Waals surface area contributed by atoms with E-state index in [9.17, 15) is 19.5 Å². The molecule has 7 heteroatoms. The zero-order chi connectivity index (χ0) is 14.0. The Morgan fingerprint density at radius 3 is 2.74 bits per heavy atom. The van der Waals surface area contributed by atoms with Gasteiger partial charge in [0.15, 0.2) is 0 Å². The number of carbonyl (C=O) groups is 2. The summed E-state index contributed by atoms with van der Waals surface area (Å²) >= 11 is 0. The molecule has 0 spiro atoms. The number of rotatable bonds is 2. The van der Waals surface area contributed by atoms with E-state index in [1.54, 1.807) is 0 Å². The number of carbonyl (C=O) groups excluding carboxylic acids is 1. The van der Waals surface area contributed by atoms with Gasteiger partial charge in [-0.1, -0.05) is 0 Å². The van der Waals surface area contributed by atoms with Crippen molar-refractivity contribution in [2.75, 3.05) is 6.54 Å². The van der Waals surface area contributed by atoms with Gasteiger partial charge in [0.1, 0.15) is 11.2 Å². The molecule has 1 atom stereocenters. The molecule has 19 heavy (non-hydrogen) atoms. The topological polar surface area (TPSA) is 103 Å². The van der Waals surface area contributed by atoms with Crippen LogP contribution in [0, 0.1) is 0 Å². The summed E-state index contributed by atoms with van der Waals surface area (Å²) < 4.78 is 0. The van der Waals surface area contributed by atoms with Gasteiger partial charge in [0, 0.05) is 12.6 Å². The molecule has 102 valence electrons. The molecule has 0 bridgehead atoms. The number of hydrogen-bond acceptors (Lipinski definition) is 4. The van der Waals surface area contributed by atoms with E-state index in [1.807, 2.05) is 0 Å². The second kappa shape index (κ2) is 4.83. The lowest BCUT2D eigenvalue weighted by atomic mass is 9.88. The van der Waals surface area contributed by atoms with Crippen molar-refractivity contribution in [1.82, 2.24) is 15.1 Å². The Balaban J connectivity index is 2.33. The molecule has 2 heterocycles. The summed E-state index contributed by atoms with van der Waals surface area (Å²) in [4.78, 5) is 36.0. The van der Waals surface area contributed by atoms with Crippen molar-refractivity contribution in [2.45, 2.75) is 31.7 Å². The molecule has 1 amide bonds. The van der Waals surface area contributed by atoms with Crippen LogP contribution in [0.25, 0.3) is 0 Å². The molecule has 7 nitrogen and oxygen atoms in total. The van der Waals surface area contributed by atoms with E-state index in [-0.39, 0.29) is 5.69 Å². The van der Waals surface area contributed by atoms with Crippen LogP contribution >= 0.6 is 0 Å². The first kappa shape index (κ1) is 13.3. The van der Waals surface area contributed by atoms with Gasteiger partial charge < -0.3 is 10.0 Å². The Kier molecular flexibility index (Phi) is 3.37. The summed E-state index contributed by atoms with van der Waals surface area (Å²) in [5, 5.41) is 15.2. The SMILES string of the molecule is CC1(C(=O)O)CCCCN1C(=O)c1ccc(=O)[nH]n1. The third kappa shape index (κ3) is 2.35. The van der Waals surface area contributed by atoms with E-state index in [4.69, 9.17) is 0 Å². The number of aromatic nitrogens is 2. The second-order valence-corrected chi connectivity index (χ2v) is 4.80. The van der Waals surface area contributed by atoms with Gasteiger partial charge in [-0.05, 0) is 32.3 Å². The van der Waals surface area contributed by atoms with Crippen molar-refractivity contribution in [3.8, 4) is 0 Å². The summed E-state index contributed by atoms with van der Waals surface area (Å²) in [6.45, 7) is 1.92. The Morgan fingerprint density at radius 2 is 2.16 bits per heavy atom. The third-order valence-electron chi connectivity index (χ3n) is 3.50. The number of piperidine rings is 1. The highest BCUT2D eigenvalue weighted by molar-refractivity contribution is 5.96. The van der Waals surface area contributed by atoms with Crippen LogP contribution in [0.1, 0.15) is 36.7 Å². The second-order valence-electron chi connectivity index (χ2n) is 4.80. The van der Waals surface area contributed by atoms with Crippen LogP contribution in [0.3, 0.4) is 0 Å². The molecule has 1 fully saturated rings. The van der Waals surface area contributed by atoms with Gasteiger partial charge in [-0.25, -0.2) is 9.89 Å². The first-order valence-corrected chi connectivity index (χ1v) is 6.06. The predicted molar refractivity (Wildman–Crippen MR) is 65.8 cm³/mol. The van der Waals surface area contributed by atoms with E-state index in [1.165, 1.54) is 24.0 Å². The molecule has 1 aliphatic rings. The van der Waals surface area contributed by atoms with Gasteiger partial charge in [0.2, 0.25) is 0 Å². The van der Waals surface area contributed by atoms with Crippen molar-refractivity contribution in [2.24, 2.45) is 0 Å². The highest BCUT2D eigenvalue weighted by Crippen LogP contribution is 2.29. The molecular weight excluding hydrogens is 250 g/mol. The van der Waals surface area contributed by atoms with Crippen molar-refractivity contribution in [3.63, 3.8) is 0 Å². The maximum Gasteiger partial charge on any atom is 0.329 e. The number of aliphatic carboxylic acids is 1. The molecule has 0 aliphatic carbocycles. The van der Waals surface area contributed by atoms with E-state index in [2.05, 4.69) is 10.2 Å². The minimum absolute atomic E-state index is 0.0500. The molecule has 1 saturated heterocycles. The summed E-state index contributed by atoms with van der Waals surface area (Å²) in [5.74, 6) is -1.49. The molecule has 2 rings (SSSR count). The number of nitrogens with one attached hydrogen (secondary N) is 1. The largest absolute Gasteiger partial charge is 0.480 e. The van der Waals surface area contributed by atoms with Crippen molar-refractivity contribution >= 4 is 11.9 Å². The fraction of sp³-hybridized carbons (Fsp3) is 0.500. The van der Waals surface area contributed by atoms with Crippen molar-refractivity contribution < 1.29 is 14.7 Å². The molecule has 0 aromatic carbocycles. The van der Waals surface area contributed by atoms with Gasteiger partial charge in [0.25, 0.3) is 11.5 Å². The smallest absolute Gasteiger partial charge is 0.329 e. The Morgan fingerprint density at radius 1 is 1.42 bits per heavy atom. The van der Waals surface area contributed by atoms with Crippen molar-refractivity contribution in [1.29, 1.82) is 0 Å². The number of carboxylic acids is 1. The Bertz CT molecular complexity index is 548. The molecule has 0 saturated carbocycles. The van der Waals surface area contributed by atoms with Gasteiger partial charge >= 0.3 is 5.97 Å². The number of nitrogens with zero attached hydrogens (tertiary/aromatic N) is 2. The Hall–Kier alpha value is -2.18. The summed E-state index contributed by atoms with van der Waals surface area (Å²) in [6.07, 6.45) is 1.95. The normalized spacial score (nSPS) is 23.1. The standard InChI is InChI=1S/C12H15N3O4/c1-12(11(18)19)6-2-3-7-15(12)10(17)8-4-5-9(16)14-13-8/h4-5H,2-3,6-7H2,1H3,(H,14,16)(H,18,19). The minimum Gasteiger partial charge on any atom is -0.480 e. The van der Waals surface area contributed by atoms with Crippen LogP contribution in [0.2, 0.25) is 0 Å². The van der Waals surface area contributed by atoms with Crippen molar-refractivity contribution in [3.05, 3.63) is 28.2 Å². The number of hydrogen-bond donors (Lipinski definition) is 2. The Labute approximate surface area is 109 Å². The highest BCUT2D eigenvalue weighted by Gasteiger charge is 2.44. The molecule has 1 aliphatic heterocycles. The van der Waals surface area contributed by atoms with Crippen LogP contribution in [-0.4, -0.2) is 44.2 Å². The third-order valence-corrected chi connectivity index (χ3v) is 3.50. The maximum atomic E-state index is 12.3. The van der Waals surface area contributed by atoms with Crippen LogP contribution < -0.4 is 5.56 Å². The predicted octanol–water partition coefficient (Wildman–Crippen LogP) is 0.239. The number of H-pyrrole nitrogens is 1. The van der Waals surface area contributed by atoms with E-state index >= 15 is 0 Å². The summed E-state index contributed by atoms with van der Waals surface area (Å²) in [7, 11) is 0. The highest BCUT2D eigenvalue weighted by atomic mass is 16.4. The van der Waals surface area contributed by atoms with Gasteiger partial charge in [0.05, 0.1) is 0 Å². The molecular formula is C12H15N3O4. The number of carboxylic acid groups (broad SMARTS) is 1. The van der Waals surface area contributed by atoms with E-state index in [0.29, 0.717) is 13.0 Å². The average molecular weight is 265 g/mol.